The van der Waals surface area contributed by atoms with E-state index in [9.17, 15) is 9.18 Å². The van der Waals surface area contributed by atoms with Crippen molar-refractivity contribution in [2.75, 3.05) is 20.7 Å². The molecule has 1 aliphatic heterocycles. The number of carbonyl (C=O) groups is 1. The normalized spacial score (nSPS) is 18.4. The van der Waals surface area contributed by atoms with E-state index in [-0.39, 0.29) is 12.5 Å². The summed E-state index contributed by atoms with van der Waals surface area (Å²) in [5.74, 6) is -0.204. The molecule has 1 saturated carbocycles. The largest absolute Gasteiger partial charge is 0.488 e. The minimum atomic E-state index is -0.393. The maximum absolute atomic E-state index is 13.8. The monoisotopic (exact) mass is 425 g/mol. The number of allylic oxidation sites excluding steroid dienone is 5. The van der Waals surface area contributed by atoms with Gasteiger partial charge < -0.3 is 15.0 Å². The number of benzene rings is 1. The average molecular weight is 426 g/mol. The molecule has 0 spiro atoms. The number of hydrogen-bond acceptors (Lipinski definition) is 2. The first-order valence-electron chi connectivity index (χ1n) is 11.2. The van der Waals surface area contributed by atoms with E-state index in [4.69, 9.17) is 4.74 Å². The smallest absolute Gasteiger partial charge is 0.255 e. The first-order valence-corrected chi connectivity index (χ1v) is 11.2. The van der Waals surface area contributed by atoms with Crippen LogP contribution in [0.1, 0.15) is 51.0 Å². The van der Waals surface area contributed by atoms with E-state index in [0.29, 0.717) is 16.9 Å². The number of carbonyl (C=O) groups excluding carboxylic acids is 1. The first kappa shape index (κ1) is 23.0. The number of amides is 1. The lowest BCUT2D eigenvalue weighted by Gasteiger charge is -2.24. The van der Waals surface area contributed by atoms with Crippen molar-refractivity contribution in [2.24, 2.45) is 0 Å². The topological polar surface area (TPSA) is 42.8 Å². The van der Waals surface area contributed by atoms with Gasteiger partial charge in [0.1, 0.15) is 18.2 Å². The quantitative estimate of drug-likeness (QED) is 0.770. The molecule has 0 unspecified atom stereocenters. The van der Waals surface area contributed by atoms with Crippen molar-refractivity contribution >= 4 is 12.0 Å². The fourth-order valence-electron chi connectivity index (χ4n) is 4.00. The van der Waals surface area contributed by atoms with Crippen LogP contribution in [-0.4, -0.2) is 32.7 Å². The highest BCUT2D eigenvalue weighted by Gasteiger charge is 2.20. The predicted molar refractivity (Wildman–Crippen MR) is 123 cm³/mol. The summed E-state index contributed by atoms with van der Waals surface area (Å²) < 4.78 is 19.2. The minimum absolute atomic E-state index is 0.135. The van der Waals surface area contributed by atoms with Gasteiger partial charge in [0.05, 0.1) is 31.3 Å². The van der Waals surface area contributed by atoms with Crippen molar-refractivity contribution in [1.29, 1.82) is 0 Å². The lowest BCUT2D eigenvalue weighted by molar-refractivity contribution is -0.887. The van der Waals surface area contributed by atoms with Gasteiger partial charge in [-0.2, -0.15) is 0 Å². The van der Waals surface area contributed by atoms with E-state index in [2.05, 4.69) is 25.5 Å². The highest BCUT2D eigenvalue weighted by molar-refractivity contribution is 6.00. The molecule has 166 valence electrons. The summed E-state index contributed by atoms with van der Waals surface area (Å²) in [4.78, 5) is 14.0. The highest BCUT2D eigenvalue weighted by atomic mass is 19.1. The van der Waals surface area contributed by atoms with Gasteiger partial charge in [-0.15, -0.1) is 0 Å². The second-order valence-electron chi connectivity index (χ2n) is 8.65. The minimum Gasteiger partial charge on any atom is -0.488 e. The molecule has 3 aliphatic rings. The van der Waals surface area contributed by atoms with Crippen molar-refractivity contribution in [1.82, 2.24) is 5.32 Å². The molecule has 1 aromatic rings. The zero-order chi connectivity index (χ0) is 22.2. The van der Waals surface area contributed by atoms with Gasteiger partial charge in [-0.05, 0) is 63.3 Å². The molecular weight excluding hydrogens is 391 g/mol. The fourth-order valence-corrected chi connectivity index (χ4v) is 4.00. The number of quaternary nitrogens is 1. The van der Waals surface area contributed by atoms with Gasteiger partial charge in [-0.25, -0.2) is 4.39 Å². The average Bonchev–Trinajstić information content (AvgIpc) is 2.99. The van der Waals surface area contributed by atoms with Gasteiger partial charge in [0.25, 0.3) is 5.91 Å². The Morgan fingerprint density at radius 3 is 2.61 bits per heavy atom. The molecule has 1 fully saturated rings. The Morgan fingerprint density at radius 2 is 1.90 bits per heavy atom. The van der Waals surface area contributed by atoms with Crippen LogP contribution in [0.4, 0.5) is 4.39 Å². The number of ether oxygens (including phenoxy) is 1. The maximum Gasteiger partial charge on any atom is 0.255 e. The second kappa shape index (κ2) is 11.1. The van der Waals surface area contributed by atoms with Gasteiger partial charge in [0.2, 0.25) is 0 Å². The Kier molecular flexibility index (Phi) is 8.24. The van der Waals surface area contributed by atoms with Gasteiger partial charge in [0.15, 0.2) is 0 Å². The van der Waals surface area contributed by atoms with E-state index in [0.717, 1.165) is 23.7 Å². The molecule has 5 heteroatoms. The molecule has 2 aliphatic carbocycles. The predicted octanol–water partition coefficient (Wildman–Crippen LogP) is 3.97. The fraction of sp³-hybridized carbons (Fsp3) is 0.423. The first-order chi connectivity index (χ1) is 14.9. The molecule has 4 rings (SSSR count). The lowest BCUT2D eigenvalue weighted by Crippen LogP contribution is -3.10. The third kappa shape index (κ3) is 6.66. The lowest BCUT2D eigenvalue weighted by atomic mass is 9.95. The summed E-state index contributed by atoms with van der Waals surface area (Å²) in [6, 6.07) is 5.60. The van der Waals surface area contributed by atoms with Crippen molar-refractivity contribution in [3.05, 3.63) is 70.7 Å². The van der Waals surface area contributed by atoms with E-state index in [1.165, 1.54) is 38.2 Å². The molecule has 0 radical (unpaired) electrons. The Bertz CT molecular complexity index is 906. The van der Waals surface area contributed by atoms with Gasteiger partial charge >= 0.3 is 0 Å². The molecule has 31 heavy (non-hydrogen) atoms. The van der Waals surface area contributed by atoms with Crippen LogP contribution < -0.4 is 15.0 Å². The van der Waals surface area contributed by atoms with Crippen LogP contribution in [0.15, 0.2) is 59.3 Å². The molecule has 0 saturated heterocycles. The Hall–Kier alpha value is -2.66. The van der Waals surface area contributed by atoms with E-state index >= 15 is 0 Å². The van der Waals surface area contributed by atoms with Crippen molar-refractivity contribution in [3.8, 4) is 5.75 Å². The highest BCUT2D eigenvalue weighted by Crippen LogP contribution is 2.28. The third-order valence-electron chi connectivity index (χ3n) is 5.99. The standard InChI is InChI=1S/C18H16FNO2.C8H17N/c1-12-4-2-5-14(9-8-12)20-18(21)13-10-15-16(19)6-3-7-17(15)22-11-13;1-9(2)8-6-4-3-5-7-8/h3-10H,2,11H2,1H3,(H,20,21);8H,3-7H2,1-2H3/p+1. The van der Waals surface area contributed by atoms with Crippen LogP contribution in [0.5, 0.6) is 5.75 Å². The molecule has 0 aromatic heterocycles. The van der Waals surface area contributed by atoms with Crippen LogP contribution in [0.3, 0.4) is 0 Å². The third-order valence-corrected chi connectivity index (χ3v) is 5.99. The van der Waals surface area contributed by atoms with Gasteiger partial charge in [0, 0.05) is 5.70 Å². The summed E-state index contributed by atoms with van der Waals surface area (Å²) in [6.07, 6.45) is 17.5. The van der Waals surface area contributed by atoms with Crippen LogP contribution in [0.25, 0.3) is 6.08 Å². The molecule has 0 atom stereocenters. The van der Waals surface area contributed by atoms with Crippen LogP contribution in [0.2, 0.25) is 0 Å². The molecule has 1 amide bonds. The number of fused-ring (bicyclic) bond motifs is 1. The van der Waals surface area contributed by atoms with E-state index < -0.39 is 5.82 Å². The summed E-state index contributed by atoms with van der Waals surface area (Å²) in [5.41, 5.74) is 2.61. The van der Waals surface area contributed by atoms with Crippen LogP contribution in [-0.2, 0) is 4.79 Å². The molecule has 0 bridgehead atoms. The summed E-state index contributed by atoms with van der Waals surface area (Å²) in [7, 11) is 4.55. The Labute approximate surface area is 185 Å². The second-order valence-corrected chi connectivity index (χ2v) is 8.65. The van der Waals surface area contributed by atoms with E-state index in [1.54, 1.807) is 23.1 Å². The summed E-state index contributed by atoms with van der Waals surface area (Å²) >= 11 is 0. The molecule has 1 aromatic carbocycles. The molecule has 4 nitrogen and oxygen atoms in total. The van der Waals surface area contributed by atoms with Crippen LogP contribution in [0, 0.1) is 5.82 Å². The molecule has 2 N–H and O–H groups in total. The number of halogens is 1. The number of nitrogens with one attached hydrogen (secondary N) is 2. The maximum atomic E-state index is 13.8. The SMILES string of the molecule is CC1=CCC=C(NC(=O)C2=Cc3c(F)cccc3OC2)C=C1.C[NH+](C)C1CCCCC1. The summed E-state index contributed by atoms with van der Waals surface area (Å²) in [5, 5.41) is 2.83. The number of rotatable bonds is 3. The van der Waals surface area contributed by atoms with Crippen molar-refractivity contribution < 1.29 is 18.8 Å². The molecular formula is C26H34FN2O2+. The molecule has 1 heterocycles. The zero-order valence-electron chi connectivity index (χ0n) is 18.8. The van der Waals surface area contributed by atoms with Gasteiger partial charge in [-0.3, -0.25) is 4.79 Å². The van der Waals surface area contributed by atoms with Crippen molar-refractivity contribution in [2.45, 2.75) is 51.5 Å². The van der Waals surface area contributed by atoms with E-state index in [1.807, 2.05) is 25.2 Å². The zero-order valence-corrected chi connectivity index (χ0v) is 18.8. The van der Waals surface area contributed by atoms with Gasteiger partial charge in [-0.1, -0.05) is 36.3 Å². The Balaban J connectivity index is 0.000000254. The Morgan fingerprint density at radius 1 is 1.13 bits per heavy atom. The van der Waals surface area contributed by atoms with Crippen LogP contribution >= 0.6 is 0 Å². The number of hydrogen-bond donors (Lipinski definition) is 2. The summed E-state index contributed by atoms with van der Waals surface area (Å²) in [6.45, 7) is 2.14. The van der Waals surface area contributed by atoms with Crippen molar-refractivity contribution in [3.63, 3.8) is 0 Å².